The maximum Gasteiger partial charge on any atom is 0.319 e. The molecule has 34 heavy (non-hydrogen) atoms. The highest BCUT2D eigenvalue weighted by Crippen LogP contribution is 2.50. The zero-order valence-corrected chi connectivity index (χ0v) is 21.5. The van der Waals surface area contributed by atoms with Crippen molar-refractivity contribution in [2.24, 2.45) is 0 Å². The highest BCUT2D eigenvalue weighted by molar-refractivity contribution is 6.31. The molecular formula is C27H36ClN3O3. The summed E-state index contributed by atoms with van der Waals surface area (Å²) in [6.45, 7) is 7.53. The highest BCUT2D eigenvalue weighted by atomic mass is 35.5. The Kier molecular flexibility index (Phi) is 7.29. The van der Waals surface area contributed by atoms with Crippen LogP contribution in [0.2, 0.25) is 5.02 Å². The Morgan fingerprint density at radius 2 is 1.88 bits per heavy atom. The van der Waals surface area contributed by atoms with E-state index in [-0.39, 0.29) is 17.5 Å². The molecule has 0 spiro atoms. The summed E-state index contributed by atoms with van der Waals surface area (Å²) in [7, 11) is 3.36. The molecule has 2 fully saturated rings. The van der Waals surface area contributed by atoms with Crippen molar-refractivity contribution in [3.05, 3.63) is 52.5 Å². The van der Waals surface area contributed by atoms with Crippen LogP contribution in [0.4, 0.5) is 10.5 Å². The Hall–Kier alpha value is -2.44. The number of nitrogens with zero attached hydrogens (tertiary/aromatic N) is 1. The first-order valence-corrected chi connectivity index (χ1v) is 12.5. The molecule has 3 atom stereocenters. The second-order valence-corrected chi connectivity index (χ2v) is 10.3. The van der Waals surface area contributed by atoms with Crippen LogP contribution in [-0.4, -0.2) is 49.8 Å². The number of carbonyl (C=O) groups excluding carboxylic acids is 1. The predicted molar refractivity (Wildman–Crippen MR) is 137 cm³/mol. The molecule has 4 rings (SSSR count). The highest BCUT2D eigenvalue weighted by Gasteiger charge is 2.52. The topological polar surface area (TPSA) is 62.8 Å². The number of halogens is 1. The van der Waals surface area contributed by atoms with E-state index in [2.05, 4.69) is 41.5 Å². The van der Waals surface area contributed by atoms with Gasteiger partial charge >= 0.3 is 6.03 Å². The van der Waals surface area contributed by atoms with Gasteiger partial charge in [-0.15, -0.1) is 0 Å². The summed E-state index contributed by atoms with van der Waals surface area (Å²) < 4.78 is 11.1. The summed E-state index contributed by atoms with van der Waals surface area (Å²) >= 11 is 6.12. The first-order valence-electron chi connectivity index (χ1n) is 12.1. The van der Waals surface area contributed by atoms with Gasteiger partial charge in [0.05, 0.1) is 14.2 Å². The minimum atomic E-state index is -0.178. The molecule has 184 valence electrons. The molecule has 2 N–H and O–H groups in total. The number of amides is 2. The third-order valence-corrected chi connectivity index (χ3v) is 7.94. The van der Waals surface area contributed by atoms with E-state index in [0.717, 1.165) is 55.0 Å². The molecule has 6 nitrogen and oxygen atoms in total. The number of nitrogens with one attached hydrogen (secondary N) is 2. The number of carbonyl (C=O) groups is 1. The average molecular weight is 486 g/mol. The maximum absolute atomic E-state index is 12.8. The summed E-state index contributed by atoms with van der Waals surface area (Å²) in [5, 5.41) is 6.82. The number of fused-ring (bicyclic) bond motifs is 1. The van der Waals surface area contributed by atoms with Crippen LogP contribution in [0.3, 0.4) is 0 Å². The third kappa shape index (κ3) is 4.71. The minimum absolute atomic E-state index is 0.0437. The zero-order chi connectivity index (χ0) is 24.5. The van der Waals surface area contributed by atoms with Crippen LogP contribution in [-0.2, 0) is 5.41 Å². The lowest BCUT2D eigenvalue weighted by atomic mass is 9.65. The van der Waals surface area contributed by atoms with Crippen LogP contribution in [0.1, 0.15) is 50.7 Å². The van der Waals surface area contributed by atoms with Gasteiger partial charge in [0, 0.05) is 34.3 Å². The Morgan fingerprint density at radius 1 is 1.12 bits per heavy atom. The molecule has 2 amide bonds. The largest absolute Gasteiger partial charge is 0.493 e. The Labute approximate surface area is 208 Å². The lowest BCUT2D eigenvalue weighted by molar-refractivity contribution is 0.113. The van der Waals surface area contributed by atoms with E-state index >= 15 is 0 Å². The maximum atomic E-state index is 12.8. The van der Waals surface area contributed by atoms with Gasteiger partial charge in [0.25, 0.3) is 0 Å². The summed E-state index contributed by atoms with van der Waals surface area (Å²) in [5.74, 6) is 1.52. The first kappa shape index (κ1) is 24.7. The van der Waals surface area contributed by atoms with Crippen molar-refractivity contribution in [2.45, 2.75) is 70.0 Å². The van der Waals surface area contributed by atoms with Gasteiger partial charge in [0.2, 0.25) is 0 Å². The number of urea groups is 1. The van der Waals surface area contributed by atoms with Gasteiger partial charge in [0.15, 0.2) is 11.5 Å². The Bertz CT molecular complexity index is 1040. The number of aryl methyl sites for hydroxylation is 1. The molecule has 1 aliphatic carbocycles. The van der Waals surface area contributed by atoms with Gasteiger partial charge in [-0.1, -0.05) is 23.7 Å². The van der Waals surface area contributed by atoms with E-state index in [0.29, 0.717) is 17.1 Å². The number of hydrogen-bond donors (Lipinski definition) is 2. The summed E-state index contributed by atoms with van der Waals surface area (Å²) in [4.78, 5) is 15.4. The Morgan fingerprint density at radius 3 is 2.59 bits per heavy atom. The quantitative estimate of drug-likeness (QED) is 0.546. The van der Waals surface area contributed by atoms with Crippen molar-refractivity contribution in [1.29, 1.82) is 0 Å². The molecule has 0 radical (unpaired) electrons. The fourth-order valence-electron chi connectivity index (χ4n) is 5.89. The summed E-state index contributed by atoms with van der Waals surface area (Å²) in [6.07, 6.45) is 3.96. The van der Waals surface area contributed by atoms with Crippen molar-refractivity contribution in [2.75, 3.05) is 26.1 Å². The molecule has 0 aromatic heterocycles. The monoisotopic (exact) mass is 485 g/mol. The molecule has 1 heterocycles. The molecule has 2 aromatic carbocycles. The number of methoxy groups -OCH3 is 2. The fraction of sp³-hybridized carbons (Fsp3) is 0.519. The average Bonchev–Trinajstić information content (AvgIpc) is 3.21. The second kappa shape index (κ2) is 10.0. The van der Waals surface area contributed by atoms with E-state index in [9.17, 15) is 4.79 Å². The number of likely N-dealkylation sites (tertiary alicyclic amines) is 1. The number of ether oxygens (including phenoxy) is 2. The van der Waals surface area contributed by atoms with E-state index in [1.807, 2.05) is 25.1 Å². The molecule has 7 heteroatoms. The molecule has 2 aliphatic rings. The van der Waals surface area contributed by atoms with Crippen LogP contribution >= 0.6 is 11.6 Å². The van der Waals surface area contributed by atoms with Gasteiger partial charge in [0.1, 0.15) is 0 Å². The zero-order valence-electron chi connectivity index (χ0n) is 20.8. The van der Waals surface area contributed by atoms with Gasteiger partial charge in [-0.05, 0) is 88.4 Å². The number of anilines is 1. The molecule has 1 saturated carbocycles. The number of benzene rings is 2. The molecule has 0 unspecified atom stereocenters. The lowest BCUT2D eigenvalue weighted by Crippen LogP contribution is -2.54. The first-order chi connectivity index (χ1) is 16.3. The van der Waals surface area contributed by atoms with Crippen LogP contribution < -0.4 is 20.1 Å². The van der Waals surface area contributed by atoms with Crippen molar-refractivity contribution in [1.82, 2.24) is 10.2 Å². The van der Waals surface area contributed by atoms with Crippen LogP contribution in [0.5, 0.6) is 11.5 Å². The number of hydrogen-bond acceptors (Lipinski definition) is 4. The van der Waals surface area contributed by atoms with Gasteiger partial charge in [-0.2, -0.15) is 0 Å². The van der Waals surface area contributed by atoms with Gasteiger partial charge < -0.3 is 20.1 Å². The molecule has 0 bridgehead atoms. The van der Waals surface area contributed by atoms with Crippen molar-refractivity contribution in [3.8, 4) is 11.5 Å². The van der Waals surface area contributed by atoms with E-state index in [1.165, 1.54) is 5.56 Å². The number of rotatable bonds is 6. The van der Waals surface area contributed by atoms with Crippen LogP contribution in [0, 0.1) is 6.92 Å². The smallest absolute Gasteiger partial charge is 0.319 e. The predicted octanol–water partition coefficient (Wildman–Crippen LogP) is 5.76. The second-order valence-electron chi connectivity index (χ2n) is 9.85. The van der Waals surface area contributed by atoms with Gasteiger partial charge in [-0.25, -0.2) is 4.79 Å². The van der Waals surface area contributed by atoms with Crippen molar-refractivity contribution < 1.29 is 14.3 Å². The van der Waals surface area contributed by atoms with Crippen LogP contribution in [0.25, 0.3) is 0 Å². The molecular weight excluding hydrogens is 450 g/mol. The van der Waals surface area contributed by atoms with Gasteiger partial charge in [-0.3, -0.25) is 4.90 Å². The molecule has 1 aliphatic heterocycles. The molecule has 1 saturated heterocycles. The fourth-order valence-corrected chi connectivity index (χ4v) is 6.06. The van der Waals surface area contributed by atoms with E-state index in [1.54, 1.807) is 20.3 Å². The molecule has 2 aromatic rings. The summed E-state index contributed by atoms with van der Waals surface area (Å²) in [6, 6.07) is 12.6. The van der Waals surface area contributed by atoms with E-state index < -0.39 is 0 Å². The van der Waals surface area contributed by atoms with Crippen LogP contribution in [0.15, 0.2) is 36.4 Å². The standard InChI is InChI=1S/C27H36ClN3O3/c1-17(2)31-13-12-27(19-7-9-23(33-4)24(14-19)34-5)11-10-21(16-25(27)31)29-26(32)30-22-15-20(28)8-6-18(22)3/h6-9,14-15,17,21,25H,10-13,16H2,1-5H3,(H2,29,30,32)/t21-,25+,27+/m1/s1. The third-order valence-electron chi connectivity index (χ3n) is 7.71. The van der Waals surface area contributed by atoms with E-state index in [4.69, 9.17) is 21.1 Å². The SMILES string of the molecule is COc1ccc([C@@]23CC[C@@H](NC(=O)Nc4cc(Cl)ccc4C)C[C@@H]2N(C(C)C)CC3)cc1OC. The normalized spacial score (nSPS) is 24.6. The Balaban J connectivity index is 1.54. The summed E-state index contributed by atoms with van der Waals surface area (Å²) in [5.41, 5.74) is 3.07. The van der Waals surface area contributed by atoms with Crippen molar-refractivity contribution in [3.63, 3.8) is 0 Å². The lowest BCUT2D eigenvalue weighted by Gasteiger charge is -2.46. The minimum Gasteiger partial charge on any atom is -0.493 e. The van der Waals surface area contributed by atoms with Crippen molar-refractivity contribution >= 4 is 23.3 Å².